The Kier molecular flexibility index (Phi) is 4.36. The lowest BCUT2D eigenvalue weighted by Crippen LogP contribution is -2.11. The average molecular weight is 311 g/mol. The molecule has 2 aromatic rings. The van der Waals surface area contributed by atoms with E-state index in [2.05, 4.69) is 15.0 Å². The Bertz CT molecular complexity index is 652. The Morgan fingerprint density at radius 3 is 2.55 bits per heavy atom. The molecular formula is C13H11ClN2O3S. The molecule has 1 aromatic carbocycles. The summed E-state index contributed by atoms with van der Waals surface area (Å²) in [6, 6.07) is 6.48. The van der Waals surface area contributed by atoms with Gasteiger partial charge in [0.25, 0.3) is 5.91 Å². The van der Waals surface area contributed by atoms with Crippen LogP contribution in [0.25, 0.3) is 0 Å². The molecule has 104 valence electrons. The molecule has 0 bridgehead atoms. The molecule has 0 radical (unpaired) electrons. The van der Waals surface area contributed by atoms with E-state index in [1.807, 2.05) is 0 Å². The Morgan fingerprint density at radius 1 is 1.30 bits per heavy atom. The number of esters is 1. The summed E-state index contributed by atoms with van der Waals surface area (Å²) in [5, 5.41) is 3.54. The summed E-state index contributed by atoms with van der Waals surface area (Å²) in [6.45, 7) is 1.68. The molecule has 0 fully saturated rings. The van der Waals surface area contributed by atoms with Crippen LogP contribution in [-0.4, -0.2) is 24.0 Å². The number of carbonyl (C=O) groups excluding carboxylic acids is 2. The molecule has 0 unspecified atom stereocenters. The molecule has 20 heavy (non-hydrogen) atoms. The summed E-state index contributed by atoms with van der Waals surface area (Å²) in [7, 11) is 1.30. The van der Waals surface area contributed by atoms with E-state index in [1.54, 1.807) is 31.2 Å². The first-order valence-corrected chi connectivity index (χ1v) is 6.83. The smallest absolute Gasteiger partial charge is 0.350 e. The number of thiazole rings is 1. The molecule has 0 atom stereocenters. The number of nitrogens with zero attached hydrogens (tertiary/aromatic N) is 1. The highest BCUT2D eigenvalue weighted by molar-refractivity contribution is 7.17. The molecule has 1 amide bonds. The summed E-state index contributed by atoms with van der Waals surface area (Å²) in [5.74, 6) is -0.779. The molecule has 2 rings (SSSR count). The van der Waals surface area contributed by atoms with E-state index in [4.69, 9.17) is 11.6 Å². The third-order valence-electron chi connectivity index (χ3n) is 2.49. The van der Waals surface area contributed by atoms with Crippen LogP contribution in [0.4, 0.5) is 5.13 Å². The summed E-state index contributed by atoms with van der Waals surface area (Å²) in [4.78, 5) is 27.9. The molecule has 0 aliphatic rings. The molecule has 5 nitrogen and oxygen atoms in total. The van der Waals surface area contributed by atoms with E-state index < -0.39 is 5.97 Å². The molecule has 1 N–H and O–H groups in total. The fraction of sp³-hybridized carbons (Fsp3) is 0.154. The fourth-order valence-corrected chi connectivity index (χ4v) is 2.51. The Hall–Kier alpha value is -1.92. The number of anilines is 1. The fourth-order valence-electron chi connectivity index (χ4n) is 1.50. The third-order valence-corrected chi connectivity index (χ3v) is 3.80. The average Bonchev–Trinajstić information content (AvgIpc) is 2.79. The maximum atomic E-state index is 12.0. The third kappa shape index (κ3) is 3.15. The zero-order valence-electron chi connectivity index (χ0n) is 10.8. The Labute approximate surface area is 124 Å². The van der Waals surface area contributed by atoms with Crippen LogP contribution >= 0.6 is 22.9 Å². The van der Waals surface area contributed by atoms with E-state index >= 15 is 0 Å². The van der Waals surface area contributed by atoms with Crippen molar-refractivity contribution in [1.29, 1.82) is 0 Å². The van der Waals surface area contributed by atoms with Crippen LogP contribution in [0.1, 0.15) is 25.7 Å². The van der Waals surface area contributed by atoms with Crippen molar-refractivity contribution in [2.45, 2.75) is 6.92 Å². The number of ether oxygens (including phenoxy) is 1. The number of halogens is 1. The van der Waals surface area contributed by atoms with Crippen molar-refractivity contribution >= 4 is 39.9 Å². The first kappa shape index (κ1) is 14.5. The van der Waals surface area contributed by atoms with Gasteiger partial charge in [0.2, 0.25) is 0 Å². The van der Waals surface area contributed by atoms with Gasteiger partial charge in [0.05, 0.1) is 12.8 Å². The number of amides is 1. The van der Waals surface area contributed by atoms with Crippen LogP contribution in [0.2, 0.25) is 5.02 Å². The van der Waals surface area contributed by atoms with Crippen molar-refractivity contribution < 1.29 is 14.3 Å². The van der Waals surface area contributed by atoms with E-state index in [0.29, 0.717) is 26.3 Å². The van der Waals surface area contributed by atoms with Crippen LogP contribution in [0.3, 0.4) is 0 Å². The maximum Gasteiger partial charge on any atom is 0.350 e. The number of aromatic nitrogens is 1. The van der Waals surface area contributed by atoms with Gasteiger partial charge in [0, 0.05) is 10.6 Å². The molecule has 1 aromatic heterocycles. The van der Waals surface area contributed by atoms with Gasteiger partial charge in [-0.05, 0) is 31.2 Å². The topological polar surface area (TPSA) is 68.3 Å². The maximum absolute atomic E-state index is 12.0. The predicted octanol–water partition coefficient (Wildman–Crippen LogP) is 3.14. The van der Waals surface area contributed by atoms with Crippen molar-refractivity contribution in [3.8, 4) is 0 Å². The van der Waals surface area contributed by atoms with Crippen molar-refractivity contribution in [3.05, 3.63) is 45.4 Å². The van der Waals surface area contributed by atoms with E-state index in [1.165, 1.54) is 7.11 Å². The standard InChI is InChI=1S/C13H11ClN2O3S/c1-7-10(12(18)19-2)20-13(15-7)16-11(17)8-3-5-9(14)6-4-8/h3-6H,1-2H3,(H,15,16,17). The number of hydrogen-bond acceptors (Lipinski definition) is 5. The molecule has 0 spiro atoms. The Morgan fingerprint density at radius 2 is 1.95 bits per heavy atom. The summed E-state index contributed by atoms with van der Waals surface area (Å²) in [6.07, 6.45) is 0. The second-order valence-electron chi connectivity index (χ2n) is 3.89. The number of aryl methyl sites for hydroxylation is 1. The molecule has 0 saturated heterocycles. The largest absolute Gasteiger partial charge is 0.465 e. The van der Waals surface area contributed by atoms with Gasteiger partial charge in [0.15, 0.2) is 5.13 Å². The zero-order valence-corrected chi connectivity index (χ0v) is 12.3. The van der Waals surface area contributed by atoms with Crippen molar-refractivity contribution in [3.63, 3.8) is 0 Å². The van der Waals surface area contributed by atoms with Crippen molar-refractivity contribution in [2.75, 3.05) is 12.4 Å². The van der Waals surface area contributed by atoms with Crippen LogP contribution in [-0.2, 0) is 4.74 Å². The summed E-state index contributed by atoms with van der Waals surface area (Å²) >= 11 is 6.83. The monoisotopic (exact) mass is 310 g/mol. The van der Waals surface area contributed by atoms with Gasteiger partial charge in [-0.2, -0.15) is 0 Å². The Balaban J connectivity index is 2.16. The van der Waals surface area contributed by atoms with Crippen LogP contribution in [0.5, 0.6) is 0 Å². The minimum atomic E-state index is -0.466. The number of carbonyl (C=O) groups is 2. The van der Waals surface area contributed by atoms with E-state index in [9.17, 15) is 9.59 Å². The SMILES string of the molecule is COC(=O)c1sc(NC(=O)c2ccc(Cl)cc2)nc1C. The molecular weight excluding hydrogens is 300 g/mol. The highest BCUT2D eigenvalue weighted by Gasteiger charge is 2.17. The van der Waals surface area contributed by atoms with Crippen molar-refractivity contribution in [1.82, 2.24) is 4.98 Å². The number of rotatable bonds is 3. The molecule has 7 heteroatoms. The normalized spacial score (nSPS) is 10.2. The predicted molar refractivity (Wildman–Crippen MR) is 77.6 cm³/mol. The van der Waals surface area contributed by atoms with Crippen LogP contribution in [0, 0.1) is 6.92 Å². The first-order chi connectivity index (χ1) is 9.51. The van der Waals surface area contributed by atoms with E-state index in [-0.39, 0.29) is 5.91 Å². The second kappa shape index (κ2) is 6.02. The van der Waals surface area contributed by atoms with Gasteiger partial charge < -0.3 is 4.74 Å². The van der Waals surface area contributed by atoms with Gasteiger partial charge in [-0.1, -0.05) is 22.9 Å². The zero-order chi connectivity index (χ0) is 14.7. The van der Waals surface area contributed by atoms with E-state index in [0.717, 1.165) is 11.3 Å². The highest BCUT2D eigenvalue weighted by atomic mass is 35.5. The van der Waals surface area contributed by atoms with Gasteiger partial charge >= 0.3 is 5.97 Å². The number of hydrogen-bond donors (Lipinski definition) is 1. The number of methoxy groups -OCH3 is 1. The minimum Gasteiger partial charge on any atom is -0.465 e. The molecule has 0 aliphatic heterocycles. The number of benzene rings is 1. The van der Waals surface area contributed by atoms with Crippen LogP contribution in [0.15, 0.2) is 24.3 Å². The highest BCUT2D eigenvalue weighted by Crippen LogP contribution is 2.23. The van der Waals surface area contributed by atoms with Gasteiger partial charge in [-0.25, -0.2) is 9.78 Å². The first-order valence-electron chi connectivity index (χ1n) is 5.64. The summed E-state index contributed by atoms with van der Waals surface area (Å²) < 4.78 is 4.64. The quantitative estimate of drug-likeness (QED) is 0.884. The van der Waals surface area contributed by atoms with Gasteiger partial charge in [0.1, 0.15) is 4.88 Å². The molecule has 0 aliphatic carbocycles. The van der Waals surface area contributed by atoms with Crippen molar-refractivity contribution in [2.24, 2.45) is 0 Å². The van der Waals surface area contributed by atoms with Gasteiger partial charge in [-0.3, -0.25) is 10.1 Å². The second-order valence-corrected chi connectivity index (χ2v) is 5.32. The lowest BCUT2D eigenvalue weighted by molar-refractivity contribution is 0.0605. The lowest BCUT2D eigenvalue weighted by Gasteiger charge is -2.01. The van der Waals surface area contributed by atoms with Crippen LogP contribution < -0.4 is 5.32 Å². The molecule has 0 saturated carbocycles. The molecule has 1 heterocycles. The summed E-state index contributed by atoms with van der Waals surface area (Å²) in [5.41, 5.74) is 0.982. The van der Waals surface area contributed by atoms with Gasteiger partial charge in [-0.15, -0.1) is 0 Å². The lowest BCUT2D eigenvalue weighted by atomic mass is 10.2. The minimum absolute atomic E-state index is 0.313. The number of nitrogens with one attached hydrogen (secondary N) is 1.